The second kappa shape index (κ2) is 19.6. The van der Waals surface area contributed by atoms with Gasteiger partial charge in [0.1, 0.15) is 12.0 Å². The summed E-state index contributed by atoms with van der Waals surface area (Å²) >= 11 is 0. The Morgan fingerprint density at radius 2 is 1.33 bits per heavy atom. The van der Waals surface area contributed by atoms with E-state index in [9.17, 15) is 20.0 Å². The van der Waals surface area contributed by atoms with E-state index in [0.717, 1.165) is 57.8 Å². The number of rotatable bonds is 20. The Hall–Kier alpha value is -1.19. The molecule has 0 spiro atoms. The second-order valence-corrected chi connectivity index (χ2v) is 7.70. The topological polar surface area (TPSA) is 80.4 Å². The fourth-order valence-electron chi connectivity index (χ4n) is 3.48. The molecule has 0 saturated carbocycles. The van der Waals surface area contributed by atoms with Crippen LogP contribution in [0.25, 0.3) is 0 Å². The van der Waals surface area contributed by atoms with Crippen molar-refractivity contribution in [2.24, 2.45) is 0 Å². The molecular weight excluding hydrogens is 342 g/mol. The van der Waals surface area contributed by atoms with Gasteiger partial charge in [-0.15, -0.1) is 0 Å². The molecule has 0 aromatic rings. The van der Waals surface area contributed by atoms with Crippen LogP contribution in [0.3, 0.4) is 0 Å². The van der Waals surface area contributed by atoms with E-state index in [0.29, 0.717) is 12.8 Å². The first kappa shape index (κ1) is 25.8. The number of aliphatic hydroxyl groups excluding tert-OH is 1. The maximum absolute atomic E-state index is 11.2. The van der Waals surface area contributed by atoms with E-state index in [2.05, 4.69) is 6.92 Å². The van der Waals surface area contributed by atoms with E-state index in [1.807, 2.05) is 5.94 Å². The minimum Gasteiger partial charge on any atom is -0.386 e. The van der Waals surface area contributed by atoms with Crippen molar-refractivity contribution in [3.63, 3.8) is 0 Å². The van der Waals surface area contributed by atoms with Crippen LogP contribution in [0, 0.1) is 10.1 Å². The number of nitrogens with zero attached hydrogens (tertiary/aromatic N) is 1. The van der Waals surface area contributed by atoms with Gasteiger partial charge >= 0.3 is 0 Å². The van der Waals surface area contributed by atoms with Crippen molar-refractivity contribution >= 4 is 5.94 Å². The first-order valence-electron chi connectivity index (χ1n) is 11.1. The zero-order chi connectivity index (χ0) is 20.2. The van der Waals surface area contributed by atoms with Gasteiger partial charge in [-0.2, -0.15) is 0 Å². The highest BCUT2D eigenvalue weighted by atomic mass is 16.6. The lowest BCUT2D eigenvalue weighted by molar-refractivity contribution is -0.535. The molecule has 0 aliphatic rings. The number of hydrogen-bond donors (Lipinski definition) is 1. The average molecular weight is 384 g/mol. The van der Waals surface area contributed by atoms with Gasteiger partial charge in [-0.1, -0.05) is 84.0 Å². The van der Waals surface area contributed by atoms with Gasteiger partial charge in [0.05, 0.1) is 0 Å². The molecule has 0 aliphatic heterocycles. The lowest BCUT2D eigenvalue weighted by Gasteiger charge is -2.16. The number of unbranched alkanes of at least 4 members (excludes halogenated alkanes) is 13. The molecule has 27 heavy (non-hydrogen) atoms. The average Bonchev–Trinajstić information content (AvgIpc) is 2.65. The minimum absolute atomic E-state index is 0.286. The fourth-order valence-corrected chi connectivity index (χ4v) is 3.48. The number of aliphatic hydroxyl groups is 1. The molecular formula is C22H41NO4. The van der Waals surface area contributed by atoms with Crippen molar-refractivity contribution in [2.75, 3.05) is 0 Å². The molecule has 0 radical (unpaired) electrons. The van der Waals surface area contributed by atoms with Gasteiger partial charge in [-0.25, -0.2) is 4.79 Å². The third kappa shape index (κ3) is 16.7. The van der Waals surface area contributed by atoms with Gasteiger partial charge in [0.25, 0.3) is 0 Å². The summed E-state index contributed by atoms with van der Waals surface area (Å²) in [6.45, 7) is 2.12. The Morgan fingerprint density at radius 1 is 0.852 bits per heavy atom. The molecule has 0 rings (SSSR count). The Morgan fingerprint density at radius 3 is 1.85 bits per heavy atom. The van der Waals surface area contributed by atoms with Crippen molar-refractivity contribution in [3.05, 3.63) is 16.2 Å². The first-order chi connectivity index (χ1) is 13.1. The largest absolute Gasteiger partial charge is 0.386 e. The lowest BCUT2D eigenvalue weighted by atomic mass is 9.98. The second-order valence-electron chi connectivity index (χ2n) is 7.70. The van der Waals surface area contributed by atoms with E-state index in [1.54, 1.807) is 6.08 Å². The smallest absolute Gasteiger partial charge is 0.238 e. The summed E-state index contributed by atoms with van der Waals surface area (Å²) in [5.74, 6) is 1.81. The highest BCUT2D eigenvalue weighted by molar-refractivity contribution is 5.44. The van der Waals surface area contributed by atoms with Gasteiger partial charge < -0.3 is 5.11 Å². The normalized spacial score (nSPS) is 13.1. The molecule has 5 nitrogen and oxygen atoms in total. The maximum Gasteiger partial charge on any atom is 0.238 e. The van der Waals surface area contributed by atoms with Gasteiger partial charge in [-0.3, -0.25) is 10.1 Å². The Balaban J connectivity index is 3.55. The molecule has 0 fully saturated rings. The molecule has 0 amide bonds. The van der Waals surface area contributed by atoms with Crippen LogP contribution in [-0.2, 0) is 4.79 Å². The van der Waals surface area contributed by atoms with Crippen LogP contribution in [0.4, 0.5) is 0 Å². The van der Waals surface area contributed by atoms with E-state index >= 15 is 0 Å². The molecule has 158 valence electrons. The van der Waals surface area contributed by atoms with Gasteiger partial charge in [0, 0.05) is 11.3 Å². The third-order valence-electron chi connectivity index (χ3n) is 5.25. The molecule has 0 heterocycles. The number of nitro groups is 1. The van der Waals surface area contributed by atoms with Crippen LogP contribution in [0.15, 0.2) is 6.08 Å². The molecule has 0 aliphatic carbocycles. The highest BCUT2D eigenvalue weighted by Crippen LogP contribution is 2.17. The van der Waals surface area contributed by atoms with Crippen molar-refractivity contribution in [1.29, 1.82) is 0 Å². The zero-order valence-electron chi connectivity index (χ0n) is 17.4. The Kier molecular flexibility index (Phi) is 18.7. The standard InChI is InChI=1S/C22H41NO4/c1-2-3-4-15-18-21(23(26)27)22(25)19-16-13-11-9-7-5-6-8-10-12-14-17-20-24/h17,21-22,25H,2-16,18-19H2,1H3. The molecule has 0 saturated heterocycles. The lowest BCUT2D eigenvalue weighted by Crippen LogP contribution is -2.33. The predicted octanol–water partition coefficient (Wildman–Crippen LogP) is 6.03. The summed E-state index contributed by atoms with van der Waals surface area (Å²) in [5, 5.41) is 21.3. The maximum atomic E-state index is 11.2. The quantitative estimate of drug-likeness (QED) is 0.120. The van der Waals surface area contributed by atoms with E-state index in [1.165, 1.54) is 38.5 Å². The summed E-state index contributed by atoms with van der Waals surface area (Å²) in [5.41, 5.74) is 0. The molecule has 1 N–H and O–H groups in total. The van der Waals surface area contributed by atoms with Gasteiger partial charge in [0.2, 0.25) is 6.04 Å². The van der Waals surface area contributed by atoms with Crippen molar-refractivity contribution in [3.8, 4) is 0 Å². The highest BCUT2D eigenvalue weighted by Gasteiger charge is 2.28. The first-order valence-corrected chi connectivity index (χ1v) is 11.1. The number of allylic oxidation sites excluding steroid dienone is 1. The van der Waals surface area contributed by atoms with Crippen LogP contribution in [0.5, 0.6) is 0 Å². The predicted molar refractivity (Wildman–Crippen MR) is 111 cm³/mol. The Bertz CT molecular complexity index is 394. The SMILES string of the molecule is CCCCCCC(C(O)CCCCCCCCCCCCC=C=O)[N+](=O)[O-]. The molecule has 0 bridgehead atoms. The van der Waals surface area contributed by atoms with Gasteiger partial charge in [0.15, 0.2) is 0 Å². The Labute approximate surface area is 165 Å². The molecule has 5 heteroatoms. The van der Waals surface area contributed by atoms with Crippen molar-refractivity contribution < 1.29 is 14.8 Å². The number of carbonyl (C=O) groups excluding carboxylic acids is 1. The molecule has 2 atom stereocenters. The van der Waals surface area contributed by atoms with Crippen LogP contribution >= 0.6 is 0 Å². The number of hydrogen-bond acceptors (Lipinski definition) is 4. The van der Waals surface area contributed by atoms with Crippen LogP contribution in [0.2, 0.25) is 0 Å². The summed E-state index contributed by atoms with van der Waals surface area (Å²) in [7, 11) is 0. The third-order valence-corrected chi connectivity index (χ3v) is 5.25. The van der Waals surface area contributed by atoms with Crippen LogP contribution in [-0.4, -0.2) is 28.1 Å². The van der Waals surface area contributed by atoms with E-state index < -0.39 is 12.1 Å². The molecule has 0 aromatic carbocycles. The van der Waals surface area contributed by atoms with E-state index in [-0.39, 0.29) is 4.92 Å². The van der Waals surface area contributed by atoms with E-state index in [4.69, 9.17) is 0 Å². The zero-order valence-corrected chi connectivity index (χ0v) is 17.4. The summed E-state index contributed by atoms with van der Waals surface area (Å²) in [4.78, 5) is 20.9. The van der Waals surface area contributed by atoms with Crippen LogP contribution in [0.1, 0.15) is 116 Å². The summed E-state index contributed by atoms with van der Waals surface area (Å²) in [6.07, 6.45) is 18.3. The monoisotopic (exact) mass is 383 g/mol. The minimum atomic E-state index is -0.796. The van der Waals surface area contributed by atoms with Gasteiger partial charge in [-0.05, 0) is 31.8 Å². The van der Waals surface area contributed by atoms with Crippen molar-refractivity contribution in [2.45, 2.75) is 128 Å². The molecule has 2 unspecified atom stereocenters. The summed E-state index contributed by atoms with van der Waals surface area (Å²) < 4.78 is 0. The summed E-state index contributed by atoms with van der Waals surface area (Å²) in [6, 6.07) is -0.788. The van der Waals surface area contributed by atoms with Crippen LogP contribution < -0.4 is 0 Å². The molecule has 0 aromatic heterocycles. The van der Waals surface area contributed by atoms with Crippen molar-refractivity contribution in [1.82, 2.24) is 0 Å². The fraction of sp³-hybridized carbons (Fsp3) is 0.909.